The van der Waals surface area contributed by atoms with E-state index in [1.807, 2.05) is 36.4 Å². The Balaban J connectivity index is 1.35. The van der Waals surface area contributed by atoms with E-state index in [0.717, 1.165) is 29.6 Å². The van der Waals surface area contributed by atoms with E-state index in [2.05, 4.69) is 28.2 Å². The number of hydrogen-bond acceptors (Lipinski definition) is 6. The van der Waals surface area contributed by atoms with Crippen LogP contribution in [0.1, 0.15) is 36.5 Å². The lowest BCUT2D eigenvalue weighted by atomic mass is 9.97. The lowest BCUT2D eigenvalue weighted by Gasteiger charge is -2.30. The molecule has 39 heavy (non-hydrogen) atoms. The van der Waals surface area contributed by atoms with Crippen molar-refractivity contribution in [2.75, 3.05) is 32.8 Å². The van der Waals surface area contributed by atoms with Crippen molar-refractivity contribution in [3.05, 3.63) is 77.5 Å². The minimum absolute atomic E-state index is 0.0485. The Labute approximate surface area is 228 Å². The van der Waals surface area contributed by atoms with Gasteiger partial charge in [-0.1, -0.05) is 42.5 Å². The van der Waals surface area contributed by atoms with Gasteiger partial charge in [0.15, 0.2) is 0 Å². The normalized spacial score (nSPS) is 14.3. The van der Waals surface area contributed by atoms with E-state index in [1.54, 1.807) is 23.4 Å². The summed E-state index contributed by atoms with van der Waals surface area (Å²) in [4.78, 5) is 42.8. The molecule has 0 atom stereocenters. The Morgan fingerprint density at radius 2 is 1.85 bits per heavy atom. The number of hydroxylamine groups is 1. The molecule has 206 valence electrons. The molecule has 9 heteroatoms. The molecule has 2 aromatic carbocycles. The highest BCUT2D eigenvalue weighted by atomic mass is 16.5. The van der Waals surface area contributed by atoms with Gasteiger partial charge in [0, 0.05) is 62.8 Å². The maximum absolute atomic E-state index is 12.7. The first-order valence-electron chi connectivity index (χ1n) is 13.3. The van der Waals surface area contributed by atoms with Gasteiger partial charge in [-0.3, -0.25) is 24.5 Å². The molecule has 1 aliphatic heterocycles. The number of esters is 1. The third-order valence-electron chi connectivity index (χ3n) is 7.22. The van der Waals surface area contributed by atoms with Crippen LogP contribution in [0.3, 0.4) is 0 Å². The maximum atomic E-state index is 12.7. The number of aromatic amines is 1. The molecule has 0 spiro atoms. The number of nitrogens with zero attached hydrogens (tertiary/aromatic N) is 2. The Bertz CT molecular complexity index is 1290. The summed E-state index contributed by atoms with van der Waals surface area (Å²) in [7, 11) is 0. The molecule has 2 amide bonds. The van der Waals surface area contributed by atoms with Crippen LogP contribution in [-0.2, 0) is 32.1 Å². The zero-order chi connectivity index (χ0) is 27.6. The number of piperidine rings is 1. The average molecular weight is 533 g/mol. The molecule has 0 bridgehead atoms. The SMILES string of the molecule is CC(=O)N1CCC(C(=O)OCCN(CCc2c[nH]c3ccccc23)Cc2ccc(/C=C/C(=O)NO)cc2)CC1. The number of carbonyl (C=O) groups is 3. The molecular formula is C30H36N4O5. The number of fused-ring (bicyclic) bond motifs is 1. The molecule has 1 fully saturated rings. The summed E-state index contributed by atoms with van der Waals surface area (Å²) in [5.41, 5.74) is 5.88. The summed E-state index contributed by atoms with van der Waals surface area (Å²) in [5, 5.41) is 9.85. The van der Waals surface area contributed by atoms with Crippen molar-refractivity contribution in [3.63, 3.8) is 0 Å². The van der Waals surface area contributed by atoms with Crippen LogP contribution < -0.4 is 5.48 Å². The van der Waals surface area contributed by atoms with Crippen molar-refractivity contribution >= 4 is 34.8 Å². The van der Waals surface area contributed by atoms with Gasteiger partial charge >= 0.3 is 5.97 Å². The first kappa shape index (κ1) is 28.1. The van der Waals surface area contributed by atoms with Crippen molar-refractivity contribution in [1.82, 2.24) is 20.3 Å². The zero-order valence-electron chi connectivity index (χ0n) is 22.3. The highest BCUT2D eigenvalue weighted by Gasteiger charge is 2.27. The molecule has 3 aromatic rings. The predicted molar refractivity (Wildman–Crippen MR) is 149 cm³/mol. The van der Waals surface area contributed by atoms with E-state index in [9.17, 15) is 14.4 Å². The van der Waals surface area contributed by atoms with Gasteiger partial charge in [-0.15, -0.1) is 0 Å². The summed E-state index contributed by atoms with van der Waals surface area (Å²) in [6, 6.07) is 16.1. The minimum atomic E-state index is -0.582. The molecule has 0 aliphatic carbocycles. The van der Waals surface area contributed by atoms with Gasteiger partial charge in [-0.25, -0.2) is 5.48 Å². The minimum Gasteiger partial charge on any atom is -0.464 e. The smallest absolute Gasteiger partial charge is 0.309 e. The van der Waals surface area contributed by atoms with Crippen LogP contribution in [0.5, 0.6) is 0 Å². The summed E-state index contributed by atoms with van der Waals surface area (Å²) in [6.07, 6.45) is 7.08. The standard InChI is InChI=1S/C30H36N4O5/c1-22(35)34-16-13-25(14-17-34)30(37)39-19-18-33(15-12-26-20-31-28-5-3-2-4-27(26)28)21-24-8-6-23(7-9-24)10-11-29(36)32-38/h2-11,20,25,31,38H,12-19,21H2,1H3,(H,32,36)/b11-10+. The van der Waals surface area contributed by atoms with Crippen molar-refractivity contribution in [2.45, 2.75) is 32.7 Å². The van der Waals surface area contributed by atoms with Crippen LogP contribution >= 0.6 is 0 Å². The highest BCUT2D eigenvalue weighted by molar-refractivity contribution is 5.90. The summed E-state index contributed by atoms with van der Waals surface area (Å²) < 4.78 is 5.68. The lowest BCUT2D eigenvalue weighted by molar-refractivity contribution is -0.152. The van der Waals surface area contributed by atoms with Crippen LogP contribution in [0.25, 0.3) is 17.0 Å². The highest BCUT2D eigenvalue weighted by Crippen LogP contribution is 2.20. The third kappa shape index (κ3) is 8.02. The van der Waals surface area contributed by atoms with E-state index in [-0.39, 0.29) is 17.8 Å². The topological polar surface area (TPSA) is 115 Å². The Morgan fingerprint density at radius 1 is 1.10 bits per heavy atom. The zero-order valence-corrected chi connectivity index (χ0v) is 22.3. The van der Waals surface area contributed by atoms with Crippen LogP contribution in [0.2, 0.25) is 0 Å². The Kier molecular flexibility index (Phi) is 9.88. The van der Waals surface area contributed by atoms with E-state index in [4.69, 9.17) is 9.94 Å². The van der Waals surface area contributed by atoms with Gasteiger partial charge in [-0.2, -0.15) is 0 Å². The largest absolute Gasteiger partial charge is 0.464 e. The Hall–Kier alpha value is -3.95. The molecule has 2 heterocycles. The summed E-state index contributed by atoms with van der Waals surface area (Å²) >= 11 is 0. The van der Waals surface area contributed by atoms with Gasteiger partial charge in [-0.05, 0) is 48.1 Å². The second-order valence-corrected chi connectivity index (χ2v) is 9.88. The molecule has 3 N–H and O–H groups in total. The molecule has 0 radical (unpaired) electrons. The van der Waals surface area contributed by atoms with E-state index < -0.39 is 5.91 Å². The number of aromatic nitrogens is 1. The second kappa shape index (κ2) is 13.7. The van der Waals surface area contributed by atoms with Crippen molar-refractivity contribution in [1.29, 1.82) is 0 Å². The first-order chi connectivity index (χ1) is 18.9. The second-order valence-electron chi connectivity index (χ2n) is 9.88. The number of H-pyrrole nitrogens is 1. The number of benzene rings is 2. The van der Waals surface area contributed by atoms with E-state index in [0.29, 0.717) is 45.6 Å². The number of ether oxygens (including phenoxy) is 1. The predicted octanol–water partition coefficient (Wildman–Crippen LogP) is 3.53. The van der Waals surface area contributed by atoms with Crippen molar-refractivity contribution < 1.29 is 24.3 Å². The number of amides is 2. The van der Waals surface area contributed by atoms with Gasteiger partial charge in [0.2, 0.25) is 5.91 Å². The fourth-order valence-electron chi connectivity index (χ4n) is 4.91. The number of hydrogen-bond donors (Lipinski definition) is 3. The molecule has 1 aliphatic rings. The molecule has 4 rings (SSSR count). The van der Waals surface area contributed by atoms with Crippen molar-refractivity contribution in [3.8, 4) is 0 Å². The van der Waals surface area contributed by atoms with E-state index >= 15 is 0 Å². The fraction of sp³-hybridized carbons (Fsp3) is 0.367. The maximum Gasteiger partial charge on any atom is 0.309 e. The van der Waals surface area contributed by atoms with Crippen molar-refractivity contribution in [2.24, 2.45) is 5.92 Å². The quantitative estimate of drug-likeness (QED) is 0.151. The molecular weight excluding hydrogens is 496 g/mol. The molecule has 0 unspecified atom stereocenters. The summed E-state index contributed by atoms with van der Waals surface area (Å²) in [6.45, 7) is 5.12. The van der Waals surface area contributed by atoms with Gasteiger partial charge < -0.3 is 14.6 Å². The summed E-state index contributed by atoms with van der Waals surface area (Å²) in [5.74, 6) is -0.875. The fourth-order valence-corrected chi connectivity index (χ4v) is 4.91. The monoisotopic (exact) mass is 532 g/mol. The molecule has 1 saturated heterocycles. The average Bonchev–Trinajstić information content (AvgIpc) is 3.38. The first-order valence-corrected chi connectivity index (χ1v) is 13.3. The number of carbonyl (C=O) groups excluding carboxylic acids is 3. The Morgan fingerprint density at radius 3 is 2.56 bits per heavy atom. The van der Waals surface area contributed by atoms with Gasteiger partial charge in [0.1, 0.15) is 6.61 Å². The van der Waals surface area contributed by atoms with Gasteiger partial charge in [0.25, 0.3) is 5.91 Å². The van der Waals surface area contributed by atoms with Gasteiger partial charge in [0.05, 0.1) is 5.92 Å². The number of nitrogens with one attached hydrogen (secondary N) is 2. The number of para-hydroxylation sites is 1. The molecule has 9 nitrogen and oxygen atoms in total. The number of likely N-dealkylation sites (tertiary alicyclic amines) is 1. The van der Waals surface area contributed by atoms with Crippen LogP contribution in [0.4, 0.5) is 0 Å². The van der Waals surface area contributed by atoms with E-state index in [1.165, 1.54) is 17.0 Å². The number of rotatable bonds is 11. The molecule has 0 saturated carbocycles. The van der Waals surface area contributed by atoms with Crippen LogP contribution in [0.15, 0.2) is 60.8 Å². The van der Waals surface area contributed by atoms with Crippen LogP contribution in [0, 0.1) is 5.92 Å². The molecule has 1 aromatic heterocycles. The van der Waals surface area contributed by atoms with Crippen LogP contribution in [-0.4, -0.2) is 70.6 Å². The third-order valence-corrected chi connectivity index (χ3v) is 7.22. The lowest BCUT2D eigenvalue weighted by Crippen LogP contribution is -2.40.